The highest BCUT2D eigenvalue weighted by Gasteiger charge is 2.08. The predicted octanol–water partition coefficient (Wildman–Crippen LogP) is 9.13. The molecule has 1 N–H and O–H groups in total. The van der Waals surface area contributed by atoms with E-state index in [1.165, 1.54) is 130 Å². The van der Waals surface area contributed by atoms with E-state index in [1.54, 1.807) is 6.92 Å². The van der Waals surface area contributed by atoms with E-state index in [4.69, 9.17) is 9.84 Å². The molecule has 0 saturated heterocycles. The van der Waals surface area contributed by atoms with E-state index in [-0.39, 0.29) is 54.5 Å². The Kier molecular flexibility index (Phi) is 37.0. The summed E-state index contributed by atoms with van der Waals surface area (Å²) in [6.07, 6.45) is 23.1. The van der Waals surface area contributed by atoms with Gasteiger partial charge in [0, 0.05) is 22.3 Å². The second-order valence-corrected chi connectivity index (χ2v) is 12.7. The third kappa shape index (κ3) is 38.8. The van der Waals surface area contributed by atoms with Crippen LogP contribution in [0.1, 0.15) is 150 Å². The van der Waals surface area contributed by atoms with Crippen LogP contribution in [0.5, 0.6) is 0 Å². The van der Waals surface area contributed by atoms with Gasteiger partial charge in [-0.05, 0) is 40.5 Å². The fourth-order valence-corrected chi connectivity index (χ4v) is 4.20. The van der Waals surface area contributed by atoms with Crippen LogP contribution in [0.2, 0.25) is 0 Å². The summed E-state index contributed by atoms with van der Waals surface area (Å²) in [5.41, 5.74) is 1.20. The first-order chi connectivity index (χ1) is 24.6. The number of carbonyl (C=O) groups is 6. The quantitative estimate of drug-likeness (QED) is 0.0268. The minimum absolute atomic E-state index is 0.0324. The van der Waals surface area contributed by atoms with Gasteiger partial charge < -0.3 is 24.1 Å². The lowest BCUT2D eigenvalue weighted by Crippen LogP contribution is -2.15. The van der Waals surface area contributed by atoms with Crippen molar-refractivity contribution in [1.29, 1.82) is 0 Å². The summed E-state index contributed by atoms with van der Waals surface area (Å²) in [6, 6.07) is 0. The summed E-state index contributed by atoms with van der Waals surface area (Å²) in [5, 5.41) is 8.48. The predicted molar refractivity (Wildman–Crippen MR) is 205 cm³/mol. The molecule has 0 aliphatic heterocycles. The number of carboxylic acid groups (broad SMARTS) is 1. The van der Waals surface area contributed by atoms with Crippen LogP contribution in [0.4, 0.5) is 0 Å². The number of aliphatic carboxylic acids is 1. The Bertz CT molecular complexity index is 1120. The van der Waals surface area contributed by atoms with E-state index in [9.17, 15) is 28.8 Å². The first kappa shape index (κ1) is 52.3. The van der Waals surface area contributed by atoms with Gasteiger partial charge in [-0.1, -0.05) is 129 Å². The Morgan fingerprint density at radius 1 is 0.558 bits per heavy atom. The summed E-state index contributed by atoms with van der Waals surface area (Å²) in [5.74, 6) is -3.19. The van der Waals surface area contributed by atoms with E-state index in [1.807, 2.05) is 0 Å². The van der Waals surface area contributed by atoms with Gasteiger partial charge in [0.1, 0.15) is 25.4 Å². The molecule has 0 aromatic rings. The second-order valence-electron chi connectivity index (χ2n) is 12.7. The van der Waals surface area contributed by atoms with Gasteiger partial charge in [-0.25, -0.2) is 19.2 Å². The standard InChI is InChI=1S/C22H42O2.C10H14O5.C9H12O4/c1-4-5-6-7-8-9-10-11-12-13-14-15-16-17-18-19-20-24-22(23)21(2)3;1-7(2)10(13)15-5-4-14-9(12)6-8(3)11;1-6(8(10)11)4-5-7(2)9(12)13-3/h2,4-20H2,1,3H3;1,4-6H2,2-3H3;4H,2,5H2,1,3H3,(H,10,11). The average Bonchev–Trinajstić information content (AvgIpc) is 3.09. The van der Waals surface area contributed by atoms with E-state index >= 15 is 0 Å². The van der Waals surface area contributed by atoms with E-state index in [0.29, 0.717) is 12.2 Å². The first-order valence-corrected chi connectivity index (χ1v) is 18.6. The SMILES string of the molecule is C=C(C)C(=O)OCCCCCCCCCCCCCCCCCC.C=C(C)C(=O)OCCOC(=O)CC(C)=O.C=C(CC=C(C)C(=O)O)C(=O)OC. The molecule has 0 aliphatic carbocycles. The normalized spacial score (nSPS) is 10.3. The number of rotatable bonds is 28. The maximum absolute atomic E-state index is 11.2. The Morgan fingerprint density at radius 2 is 0.942 bits per heavy atom. The summed E-state index contributed by atoms with van der Waals surface area (Å²) >= 11 is 0. The van der Waals surface area contributed by atoms with Crippen molar-refractivity contribution in [2.24, 2.45) is 0 Å². The van der Waals surface area contributed by atoms with Crippen molar-refractivity contribution in [1.82, 2.24) is 0 Å². The summed E-state index contributed by atoms with van der Waals surface area (Å²) in [6.45, 7) is 19.1. The molecule has 0 atom stereocenters. The molecule has 0 fully saturated rings. The fourth-order valence-electron chi connectivity index (χ4n) is 4.20. The number of allylic oxidation sites excluding steroid dienone is 1. The molecule has 0 spiro atoms. The molecule has 11 nitrogen and oxygen atoms in total. The zero-order chi connectivity index (χ0) is 40.2. The molecule has 0 unspecified atom stereocenters. The lowest BCUT2D eigenvalue weighted by molar-refractivity contribution is -0.151. The molecule has 0 aromatic carbocycles. The van der Waals surface area contributed by atoms with Crippen LogP contribution in [-0.4, -0.2) is 67.7 Å². The summed E-state index contributed by atoms with van der Waals surface area (Å²) in [4.78, 5) is 64.5. The third-order valence-electron chi connectivity index (χ3n) is 7.37. The van der Waals surface area contributed by atoms with Crippen LogP contribution < -0.4 is 0 Å². The van der Waals surface area contributed by atoms with Gasteiger partial charge in [-0.2, -0.15) is 0 Å². The number of carbonyl (C=O) groups excluding carboxylic acids is 5. The molecular formula is C41H68O11. The smallest absolute Gasteiger partial charge is 0.333 e. The molecule has 0 rings (SSSR count). The summed E-state index contributed by atoms with van der Waals surface area (Å²) < 4.78 is 18.7. The van der Waals surface area contributed by atoms with E-state index < -0.39 is 23.9 Å². The van der Waals surface area contributed by atoms with Crippen molar-refractivity contribution in [2.75, 3.05) is 26.9 Å². The molecule has 298 valence electrons. The molecular weight excluding hydrogens is 668 g/mol. The lowest BCUT2D eigenvalue weighted by Gasteiger charge is -2.05. The maximum Gasteiger partial charge on any atom is 0.333 e. The van der Waals surface area contributed by atoms with Crippen molar-refractivity contribution in [3.05, 3.63) is 48.1 Å². The molecule has 11 heteroatoms. The average molecular weight is 737 g/mol. The number of hydrogen-bond acceptors (Lipinski definition) is 10. The number of ketones is 1. The van der Waals surface area contributed by atoms with Crippen LogP contribution in [0.3, 0.4) is 0 Å². The summed E-state index contributed by atoms with van der Waals surface area (Å²) in [7, 11) is 1.25. The number of carboxylic acids is 1. The highest BCUT2D eigenvalue weighted by Crippen LogP contribution is 2.14. The Hall–Kier alpha value is -4.02. The van der Waals surface area contributed by atoms with Gasteiger partial charge in [0.05, 0.1) is 13.7 Å². The highest BCUT2D eigenvalue weighted by molar-refractivity contribution is 5.94. The van der Waals surface area contributed by atoms with Crippen LogP contribution in [0, 0.1) is 0 Å². The molecule has 0 amide bonds. The molecule has 0 radical (unpaired) electrons. The number of esters is 4. The minimum atomic E-state index is -1.00. The fraction of sp³-hybridized carbons (Fsp3) is 0.659. The van der Waals surface area contributed by atoms with E-state index in [2.05, 4.69) is 40.9 Å². The monoisotopic (exact) mass is 736 g/mol. The van der Waals surface area contributed by atoms with Crippen LogP contribution in [-0.2, 0) is 47.7 Å². The Balaban J connectivity index is -0.000000739. The zero-order valence-corrected chi connectivity index (χ0v) is 33.1. The Labute approximate surface area is 313 Å². The van der Waals surface area contributed by atoms with Gasteiger partial charge in [0.15, 0.2) is 0 Å². The molecule has 0 saturated carbocycles. The third-order valence-corrected chi connectivity index (χ3v) is 7.37. The topological polar surface area (TPSA) is 160 Å². The largest absolute Gasteiger partial charge is 0.478 e. The van der Waals surface area contributed by atoms with Gasteiger partial charge in [-0.3, -0.25) is 9.59 Å². The number of hydrogen-bond donors (Lipinski definition) is 1. The number of Topliss-reactive ketones (excluding diaryl/α,β-unsaturated/α-hetero) is 1. The lowest BCUT2D eigenvalue weighted by atomic mass is 10.0. The van der Waals surface area contributed by atoms with Crippen LogP contribution >= 0.6 is 0 Å². The van der Waals surface area contributed by atoms with Crippen molar-refractivity contribution in [3.63, 3.8) is 0 Å². The first-order valence-electron chi connectivity index (χ1n) is 18.6. The Morgan fingerprint density at radius 3 is 1.31 bits per heavy atom. The number of methoxy groups -OCH3 is 1. The van der Waals surface area contributed by atoms with Gasteiger partial charge in [-0.15, -0.1) is 0 Å². The molecule has 0 heterocycles. The zero-order valence-electron chi connectivity index (χ0n) is 33.1. The molecule has 0 bridgehead atoms. The van der Waals surface area contributed by atoms with Gasteiger partial charge in [0.25, 0.3) is 0 Å². The highest BCUT2D eigenvalue weighted by atomic mass is 16.6. The number of ether oxygens (including phenoxy) is 4. The van der Waals surface area contributed by atoms with E-state index in [0.717, 1.165) is 6.42 Å². The molecule has 52 heavy (non-hydrogen) atoms. The van der Waals surface area contributed by atoms with Crippen molar-refractivity contribution in [3.8, 4) is 0 Å². The van der Waals surface area contributed by atoms with Crippen molar-refractivity contribution < 1.29 is 52.8 Å². The number of unbranched alkanes of at least 4 members (excludes halogenated alkanes) is 15. The van der Waals surface area contributed by atoms with Crippen LogP contribution in [0.15, 0.2) is 48.1 Å². The molecule has 0 aromatic heterocycles. The van der Waals surface area contributed by atoms with Gasteiger partial charge >= 0.3 is 29.8 Å². The van der Waals surface area contributed by atoms with Crippen molar-refractivity contribution in [2.45, 2.75) is 150 Å². The molecule has 0 aliphatic rings. The minimum Gasteiger partial charge on any atom is -0.478 e. The van der Waals surface area contributed by atoms with Crippen molar-refractivity contribution >= 4 is 35.6 Å². The van der Waals surface area contributed by atoms with Gasteiger partial charge in [0.2, 0.25) is 0 Å². The second kappa shape index (κ2) is 36.8. The maximum atomic E-state index is 11.2. The van der Waals surface area contributed by atoms with Crippen LogP contribution in [0.25, 0.3) is 0 Å².